The van der Waals surface area contributed by atoms with Crippen LogP contribution in [-0.2, 0) is 10.1 Å². The third kappa shape index (κ3) is 2.16. The van der Waals surface area contributed by atoms with Crippen molar-refractivity contribution < 1.29 is 23.2 Å². The van der Waals surface area contributed by atoms with E-state index in [1.54, 1.807) is 6.92 Å². The highest BCUT2D eigenvalue weighted by atomic mass is 32.2. The molecule has 0 amide bonds. The Balaban J connectivity index is 4.89. The molecule has 0 fully saturated rings. The van der Waals surface area contributed by atoms with E-state index >= 15 is 0 Å². The van der Waals surface area contributed by atoms with E-state index in [1.165, 1.54) is 0 Å². The van der Waals surface area contributed by atoms with Crippen molar-refractivity contribution in [2.45, 2.75) is 37.7 Å². The maximum Gasteiger partial charge on any atom is 0.275 e. The van der Waals surface area contributed by atoms with Gasteiger partial charge in [0, 0.05) is 0 Å². The molecule has 0 aliphatic rings. The predicted octanol–water partition coefficient (Wildman–Crippen LogP) is -0.256. The molecule has 74 valence electrons. The van der Waals surface area contributed by atoms with Gasteiger partial charge in [0.15, 0.2) is 6.29 Å². The molecule has 0 aromatic carbocycles. The molecule has 0 bridgehead atoms. The second-order valence-corrected chi connectivity index (χ2v) is 4.79. The second-order valence-electron chi connectivity index (χ2n) is 2.91. The Bertz CT molecular complexity index is 232. The molecule has 0 heterocycles. The maximum absolute atomic E-state index is 10.7. The van der Waals surface area contributed by atoms with Crippen LogP contribution in [0, 0.1) is 0 Å². The van der Waals surface area contributed by atoms with E-state index in [1.807, 2.05) is 0 Å². The van der Waals surface area contributed by atoms with E-state index in [0.717, 1.165) is 6.92 Å². The predicted molar refractivity (Wildman–Crippen MR) is 43.1 cm³/mol. The summed E-state index contributed by atoms with van der Waals surface area (Å²) in [5, 5.41) is 17.5. The molecular weight excluding hydrogens is 184 g/mol. The molecular formula is C6H14O5S. The summed E-state index contributed by atoms with van der Waals surface area (Å²) in [4.78, 5) is 0. The highest BCUT2D eigenvalue weighted by Gasteiger charge is 2.43. The molecule has 0 aromatic heterocycles. The van der Waals surface area contributed by atoms with Crippen molar-refractivity contribution in [1.82, 2.24) is 0 Å². The van der Waals surface area contributed by atoms with Crippen molar-refractivity contribution in [3.8, 4) is 0 Å². The van der Waals surface area contributed by atoms with E-state index < -0.39 is 21.2 Å². The Morgan fingerprint density at radius 3 is 1.92 bits per heavy atom. The molecule has 0 aliphatic carbocycles. The molecule has 0 saturated carbocycles. The van der Waals surface area contributed by atoms with E-state index in [0.29, 0.717) is 6.42 Å². The fourth-order valence-corrected chi connectivity index (χ4v) is 1.62. The van der Waals surface area contributed by atoms with E-state index in [9.17, 15) is 8.42 Å². The lowest BCUT2D eigenvalue weighted by molar-refractivity contribution is -0.0712. The molecule has 0 spiro atoms. The number of hydrogen-bond acceptors (Lipinski definition) is 4. The normalized spacial score (nSPS) is 17.8. The van der Waals surface area contributed by atoms with Gasteiger partial charge in [-0.15, -0.1) is 0 Å². The van der Waals surface area contributed by atoms with Gasteiger partial charge in [0.2, 0.25) is 0 Å². The lowest BCUT2D eigenvalue weighted by Crippen LogP contribution is -2.46. The zero-order chi connectivity index (χ0) is 9.99. The van der Waals surface area contributed by atoms with Crippen molar-refractivity contribution in [2.24, 2.45) is 0 Å². The monoisotopic (exact) mass is 198 g/mol. The molecule has 0 saturated heterocycles. The van der Waals surface area contributed by atoms with Gasteiger partial charge in [-0.2, -0.15) is 8.42 Å². The van der Waals surface area contributed by atoms with Gasteiger partial charge in [-0.05, 0) is 13.3 Å². The van der Waals surface area contributed by atoms with Crippen LogP contribution in [0.5, 0.6) is 0 Å². The molecule has 3 N–H and O–H groups in total. The van der Waals surface area contributed by atoms with Crippen LogP contribution in [0.25, 0.3) is 0 Å². The van der Waals surface area contributed by atoms with Crippen molar-refractivity contribution in [3.63, 3.8) is 0 Å². The van der Waals surface area contributed by atoms with Crippen LogP contribution < -0.4 is 0 Å². The van der Waals surface area contributed by atoms with Crippen molar-refractivity contribution in [3.05, 3.63) is 0 Å². The minimum Gasteiger partial charge on any atom is -0.367 e. The Kier molecular flexibility index (Phi) is 3.64. The zero-order valence-corrected chi connectivity index (χ0v) is 7.87. The number of rotatable bonds is 4. The average Bonchev–Trinajstić information content (AvgIpc) is 1.85. The molecule has 0 aliphatic heterocycles. The Morgan fingerprint density at radius 2 is 1.83 bits per heavy atom. The van der Waals surface area contributed by atoms with Gasteiger partial charge in [-0.25, -0.2) is 0 Å². The fraction of sp³-hybridized carbons (Fsp3) is 1.00. The summed E-state index contributed by atoms with van der Waals surface area (Å²) in [5.74, 6) is 0. The van der Waals surface area contributed by atoms with Gasteiger partial charge in [-0.1, -0.05) is 13.3 Å². The zero-order valence-electron chi connectivity index (χ0n) is 7.06. The molecule has 12 heavy (non-hydrogen) atoms. The summed E-state index contributed by atoms with van der Waals surface area (Å²) in [6.07, 6.45) is -1.62. The van der Waals surface area contributed by atoms with Crippen molar-refractivity contribution in [2.75, 3.05) is 0 Å². The largest absolute Gasteiger partial charge is 0.367 e. The van der Waals surface area contributed by atoms with Crippen LogP contribution in [0.4, 0.5) is 0 Å². The number of hydrogen-bond donors (Lipinski definition) is 3. The van der Waals surface area contributed by atoms with Gasteiger partial charge in [0.05, 0.1) is 0 Å². The summed E-state index contributed by atoms with van der Waals surface area (Å²) in [7, 11) is -4.43. The van der Waals surface area contributed by atoms with Crippen LogP contribution >= 0.6 is 0 Å². The average molecular weight is 198 g/mol. The summed E-state index contributed by atoms with van der Waals surface area (Å²) in [5.41, 5.74) is 0. The second kappa shape index (κ2) is 3.69. The summed E-state index contributed by atoms with van der Waals surface area (Å²) in [6.45, 7) is 2.78. The van der Waals surface area contributed by atoms with Gasteiger partial charge in [0.1, 0.15) is 4.75 Å². The number of aliphatic hydroxyl groups excluding tert-OH is 1. The highest BCUT2D eigenvalue weighted by Crippen LogP contribution is 2.25. The van der Waals surface area contributed by atoms with Crippen LogP contribution in [0.3, 0.4) is 0 Å². The first-order valence-electron chi connectivity index (χ1n) is 3.59. The third-order valence-electron chi connectivity index (χ3n) is 1.88. The van der Waals surface area contributed by atoms with Crippen LogP contribution in [-0.4, -0.2) is 34.2 Å². The first-order valence-corrected chi connectivity index (χ1v) is 5.03. The quantitative estimate of drug-likeness (QED) is 0.427. The molecule has 1 atom stereocenters. The van der Waals surface area contributed by atoms with Crippen molar-refractivity contribution in [1.29, 1.82) is 0 Å². The summed E-state index contributed by atoms with van der Waals surface area (Å²) < 4.78 is 28.3. The molecule has 5 nitrogen and oxygen atoms in total. The third-order valence-corrected chi connectivity index (χ3v) is 3.48. The standard InChI is InChI=1S/C6H14O5S/c1-3-4-6(2,5(7)8)12(9,10)11/h5,7-8H,3-4H2,1-2H3,(H,9,10,11). The minimum atomic E-state index is -4.43. The summed E-state index contributed by atoms with van der Waals surface area (Å²) >= 11 is 0. The van der Waals surface area contributed by atoms with Crippen LogP contribution in [0.1, 0.15) is 26.7 Å². The highest BCUT2D eigenvalue weighted by molar-refractivity contribution is 7.87. The van der Waals surface area contributed by atoms with E-state index in [-0.39, 0.29) is 6.42 Å². The Labute approximate surface area is 71.8 Å². The van der Waals surface area contributed by atoms with E-state index in [2.05, 4.69) is 0 Å². The topological polar surface area (TPSA) is 94.8 Å². The molecule has 1 unspecified atom stereocenters. The fourth-order valence-electron chi connectivity index (χ4n) is 0.888. The number of aliphatic hydroxyl groups is 2. The van der Waals surface area contributed by atoms with E-state index in [4.69, 9.17) is 14.8 Å². The Morgan fingerprint density at radius 1 is 1.42 bits per heavy atom. The lowest BCUT2D eigenvalue weighted by Gasteiger charge is -2.27. The Hall–Kier alpha value is -0.170. The molecule has 6 heteroatoms. The van der Waals surface area contributed by atoms with Gasteiger partial charge < -0.3 is 10.2 Å². The first-order chi connectivity index (χ1) is 5.25. The lowest BCUT2D eigenvalue weighted by atomic mass is 10.1. The van der Waals surface area contributed by atoms with Gasteiger partial charge in [0.25, 0.3) is 10.1 Å². The minimum absolute atomic E-state index is 0.00347. The van der Waals surface area contributed by atoms with Crippen LogP contribution in [0.2, 0.25) is 0 Å². The smallest absolute Gasteiger partial charge is 0.275 e. The SMILES string of the molecule is CCCC(C)(C(O)O)S(=O)(=O)O. The van der Waals surface area contributed by atoms with Crippen molar-refractivity contribution >= 4 is 10.1 Å². The maximum atomic E-state index is 10.7. The van der Waals surface area contributed by atoms with Crippen LogP contribution in [0.15, 0.2) is 0 Å². The summed E-state index contributed by atoms with van der Waals surface area (Å²) in [6, 6.07) is 0. The molecule has 0 rings (SSSR count). The molecule has 0 aromatic rings. The van der Waals surface area contributed by atoms with Gasteiger partial charge in [-0.3, -0.25) is 4.55 Å². The first kappa shape index (κ1) is 11.8. The molecule has 0 radical (unpaired) electrons. The van der Waals surface area contributed by atoms with Gasteiger partial charge >= 0.3 is 0 Å².